The number of carboxylic acid groups (broad SMARTS) is 1. The summed E-state index contributed by atoms with van der Waals surface area (Å²) in [5.41, 5.74) is 2.46. The molecule has 4 rings (SSSR count). The van der Waals surface area contributed by atoms with Gasteiger partial charge in [0.15, 0.2) is 0 Å². The van der Waals surface area contributed by atoms with Crippen molar-refractivity contribution >= 4 is 17.6 Å². The van der Waals surface area contributed by atoms with Crippen molar-refractivity contribution in [2.45, 2.75) is 85.0 Å². The summed E-state index contributed by atoms with van der Waals surface area (Å²) in [6.45, 7) is 12.5. The lowest BCUT2D eigenvalue weighted by Crippen LogP contribution is -2.35. The molecule has 40 heavy (non-hydrogen) atoms. The van der Waals surface area contributed by atoms with Gasteiger partial charge in [0.1, 0.15) is 11.6 Å². The minimum absolute atomic E-state index is 0.179. The molecule has 1 fully saturated rings. The maximum atomic E-state index is 13.3. The fraction of sp³-hybridized carbons (Fsp3) is 0.467. The molecule has 0 bridgehead atoms. The quantitative estimate of drug-likeness (QED) is 0.332. The molecular formula is C30H40F4N2O4. The number of nitrogens with zero attached hydrogens (tertiary/aromatic N) is 1. The van der Waals surface area contributed by atoms with Crippen LogP contribution in [0.25, 0.3) is 0 Å². The number of carbonyl (C=O) groups is 2. The van der Waals surface area contributed by atoms with Crippen LogP contribution in [0.5, 0.6) is 5.75 Å². The number of nitrogens with one attached hydrogen (secondary N) is 1. The fourth-order valence-electron chi connectivity index (χ4n) is 3.58. The predicted octanol–water partition coefficient (Wildman–Crippen LogP) is 7.88. The first kappa shape index (κ1) is 34.5. The zero-order chi connectivity index (χ0) is 30.3. The van der Waals surface area contributed by atoms with E-state index < -0.39 is 12.3 Å². The first-order chi connectivity index (χ1) is 18.9. The molecule has 0 saturated heterocycles. The number of carboxylic acids is 1. The van der Waals surface area contributed by atoms with Crippen LogP contribution >= 0.6 is 0 Å². The molecule has 2 aliphatic rings. The highest BCUT2D eigenvalue weighted by atomic mass is 19.4. The van der Waals surface area contributed by atoms with Gasteiger partial charge in [-0.2, -0.15) is 0 Å². The number of rotatable bonds is 7. The molecular weight excluding hydrogens is 528 g/mol. The van der Waals surface area contributed by atoms with E-state index in [2.05, 4.69) is 30.5 Å². The van der Waals surface area contributed by atoms with E-state index in [0.29, 0.717) is 37.5 Å². The predicted molar refractivity (Wildman–Crippen MR) is 149 cm³/mol. The number of hydrogen-bond acceptors (Lipinski definition) is 4. The van der Waals surface area contributed by atoms with Gasteiger partial charge in [-0.05, 0) is 80.1 Å². The van der Waals surface area contributed by atoms with Crippen molar-refractivity contribution in [3.63, 3.8) is 0 Å². The summed E-state index contributed by atoms with van der Waals surface area (Å²) in [5, 5.41) is 11.5. The van der Waals surface area contributed by atoms with Gasteiger partial charge in [0.2, 0.25) is 0 Å². The van der Waals surface area contributed by atoms with Crippen LogP contribution < -0.4 is 15.0 Å². The van der Waals surface area contributed by atoms with Gasteiger partial charge in [-0.3, -0.25) is 9.59 Å². The van der Waals surface area contributed by atoms with E-state index in [9.17, 15) is 27.2 Å². The summed E-state index contributed by atoms with van der Waals surface area (Å²) < 4.78 is 53.6. The van der Waals surface area contributed by atoms with Crippen molar-refractivity contribution in [1.29, 1.82) is 0 Å². The standard InChI is InChI=1S/C17H13F4NO2.C8H13NO2.C3H8.C2H6/c18-13-5-8-15-12(10-13)2-1-9-22(15)16(23)11-3-6-14(7-4-11)24-17(19,20)21;1-6(2-5-8(10)11)9-7-3-4-7;1-3-2;1-2/h3-8,10H,1-2,9H2;7,9H,1-5H2,(H,10,11);3H2,1-2H3;1-2H3. The van der Waals surface area contributed by atoms with Crippen LogP contribution in [0.1, 0.15) is 82.1 Å². The topological polar surface area (TPSA) is 78.9 Å². The van der Waals surface area contributed by atoms with Crippen molar-refractivity contribution in [3.8, 4) is 5.75 Å². The lowest BCUT2D eigenvalue weighted by molar-refractivity contribution is -0.274. The highest BCUT2D eigenvalue weighted by Crippen LogP contribution is 2.30. The average Bonchev–Trinajstić information content (AvgIpc) is 3.72. The second-order valence-electron chi connectivity index (χ2n) is 9.03. The summed E-state index contributed by atoms with van der Waals surface area (Å²) in [6.07, 6.45) is 0.969. The van der Waals surface area contributed by atoms with Gasteiger partial charge >= 0.3 is 12.3 Å². The fourth-order valence-corrected chi connectivity index (χ4v) is 3.58. The van der Waals surface area contributed by atoms with E-state index in [1.54, 1.807) is 6.07 Å². The van der Waals surface area contributed by atoms with Gasteiger partial charge in [-0.1, -0.05) is 40.7 Å². The molecule has 0 atom stereocenters. The maximum absolute atomic E-state index is 13.3. The Morgan fingerprint density at radius 2 is 1.68 bits per heavy atom. The molecule has 1 heterocycles. The molecule has 0 aromatic heterocycles. The molecule has 6 nitrogen and oxygen atoms in total. The molecule has 0 spiro atoms. The van der Waals surface area contributed by atoms with Crippen molar-refractivity contribution in [1.82, 2.24) is 5.32 Å². The molecule has 1 saturated carbocycles. The third-order valence-corrected chi connectivity index (χ3v) is 5.37. The Labute approximate surface area is 234 Å². The van der Waals surface area contributed by atoms with E-state index in [-0.39, 0.29) is 29.5 Å². The number of allylic oxidation sites excluding steroid dienone is 1. The Bertz CT molecular complexity index is 1080. The molecule has 2 N–H and O–H groups in total. The van der Waals surface area contributed by atoms with Gasteiger partial charge in [-0.15, -0.1) is 13.2 Å². The first-order valence-electron chi connectivity index (χ1n) is 13.6. The Morgan fingerprint density at radius 1 is 1.07 bits per heavy atom. The number of anilines is 1. The van der Waals surface area contributed by atoms with Crippen LogP contribution in [0.4, 0.5) is 23.2 Å². The summed E-state index contributed by atoms with van der Waals surface area (Å²) >= 11 is 0. The van der Waals surface area contributed by atoms with E-state index in [1.165, 1.54) is 48.4 Å². The molecule has 10 heteroatoms. The zero-order valence-corrected chi connectivity index (χ0v) is 23.6. The van der Waals surface area contributed by atoms with Crippen LogP contribution in [0.3, 0.4) is 0 Å². The highest BCUT2D eigenvalue weighted by molar-refractivity contribution is 6.06. The molecule has 1 aliphatic heterocycles. The number of aryl methyl sites for hydroxylation is 1. The van der Waals surface area contributed by atoms with Gasteiger partial charge in [0.05, 0.1) is 6.42 Å². The van der Waals surface area contributed by atoms with Gasteiger partial charge in [0, 0.05) is 29.5 Å². The number of amides is 1. The molecule has 1 amide bonds. The molecule has 2 aromatic rings. The Balaban J connectivity index is 0.000000417. The van der Waals surface area contributed by atoms with Crippen LogP contribution in [0, 0.1) is 5.82 Å². The number of alkyl halides is 3. The summed E-state index contributed by atoms with van der Waals surface area (Å²) in [5.74, 6) is -1.86. The molecule has 1 aliphatic carbocycles. The Kier molecular flexibility index (Phi) is 14.8. The molecule has 0 unspecified atom stereocenters. The second kappa shape index (κ2) is 17.2. The van der Waals surface area contributed by atoms with E-state index in [1.807, 2.05) is 13.8 Å². The first-order valence-corrected chi connectivity index (χ1v) is 13.6. The lowest BCUT2D eigenvalue weighted by Gasteiger charge is -2.29. The molecule has 222 valence electrons. The Hall–Kier alpha value is -3.56. The normalized spacial score (nSPS) is 13.6. The third-order valence-electron chi connectivity index (χ3n) is 5.37. The highest BCUT2D eigenvalue weighted by Gasteiger charge is 2.31. The molecule has 0 radical (unpaired) electrons. The number of benzene rings is 2. The average molecular weight is 569 g/mol. The van der Waals surface area contributed by atoms with Crippen LogP contribution in [-0.2, 0) is 11.2 Å². The minimum Gasteiger partial charge on any atom is -0.481 e. The van der Waals surface area contributed by atoms with E-state index >= 15 is 0 Å². The van der Waals surface area contributed by atoms with Gasteiger partial charge in [-0.25, -0.2) is 4.39 Å². The number of halogens is 4. The lowest BCUT2D eigenvalue weighted by atomic mass is 10.0. The largest absolute Gasteiger partial charge is 0.573 e. The van der Waals surface area contributed by atoms with Gasteiger partial charge < -0.3 is 20.1 Å². The number of fused-ring (bicyclic) bond motifs is 1. The van der Waals surface area contributed by atoms with Crippen molar-refractivity contribution in [2.24, 2.45) is 0 Å². The summed E-state index contributed by atoms with van der Waals surface area (Å²) in [7, 11) is 0. The maximum Gasteiger partial charge on any atom is 0.573 e. The monoisotopic (exact) mass is 568 g/mol. The van der Waals surface area contributed by atoms with Gasteiger partial charge in [0.25, 0.3) is 5.91 Å². The number of hydrogen-bond donors (Lipinski definition) is 2. The number of aliphatic carboxylic acids is 1. The Morgan fingerprint density at radius 3 is 2.20 bits per heavy atom. The smallest absolute Gasteiger partial charge is 0.481 e. The van der Waals surface area contributed by atoms with Crippen LogP contribution in [-0.4, -0.2) is 35.9 Å². The summed E-state index contributed by atoms with van der Waals surface area (Å²) in [4.78, 5) is 24.3. The van der Waals surface area contributed by atoms with E-state index in [0.717, 1.165) is 23.4 Å². The SMILES string of the molecule is C=C(CCC(=O)O)NC1CC1.CC.CCC.O=C(c1ccc(OC(F)(F)F)cc1)N1CCCc2cc(F)ccc21. The minimum atomic E-state index is -4.78. The van der Waals surface area contributed by atoms with Crippen molar-refractivity contribution in [3.05, 3.63) is 71.7 Å². The number of ether oxygens (including phenoxy) is 1. The third kappa shape index (κ3) is 13.0. The molecule has 2 aromatic carbocycles. The number of carbonyl (C=O) groups excluding carboxylic acids is 1. The summed E-state index contributed by atoms with van der Waals surface area (Å²) in [6, 6.07) is 9.55. The van der Waals surface area contributed by atoms with Crippen LogP contribution in [0.2, 0.25) is 0 Å². The van der Waals surface area contributed by atoms with Crippen LogP contribution in [0.15, 0.2) is 54.7 Å². The van der Waals surface area contributed by atoms with Crippen molar-refractivity contribution < 1.29 is 37.0 Å². The zero-order valence-electron chi connectivity index (χ0n) is 23.6. The second-order valence-corrected chi connectivity index (χ2v) is 9.03. The van der Waals surface area contributed by atoms with Crippen molar-refractivity contribution in [2.75, 3.05) is 11.4 Å². The van der Waals surface area contributed by atoms with E-state index in [4.69, 9.17) is 5.11 Å².